The van der Waals surface area contributed by atoms with Crippen molar-refractivity contribution >= 4 is 9.84 Å². The van der Waals surface area contributed by atoms with E-state index in [1.165, 1.54) is 38.7 Å². The fourth-order valence-electron chi connectivity index (χ4n) is 3.56. The number of likely N-dealkylation sites (tertiary alicyclic amines) is 1. The maximum Gasteiger partial charge on any atom is 0.150 e. The number of nitrogens with zero attached hydrogens (tertiary/aromatic N) is 1. The largest absolute Gasteiger partial charge is 0.314 e. The second-order valence-electron chi connectivity index (χ2n) is 6.84. The topological polar surface area (TPSA) is 49.4 Å². The van der Waals surface area contributed by atoms with E-state index in [-0.39, 0.29) is 5.25 Å². The Morgan fingerprint density at radius 2 is 1.90 bits per heavy atom. The molecule has 2 fully saturated rings. The van der Waals surface area contributed by atoms with Crippen molar-refractivity contribution in [1.82, 2.24) is 10.2 Å². The van der Waals surface area contributed by atoms with Gasteiger partial charge in [-0.3, -0.25) is 0 Å². The maximum atomic E-state index is 11.7. The summed E-state index contributed by atoms with van der Waals surface area (Å²) in [6, 6.07) is 0.393. The third-order valence-electron chi connectivity index (χ3n) is 4.76. The molecule has 0 bridgehead atoms. The lowest BCUT2D eigenvalue weighted by Crippen LogP contribution is -2.41. The molecule has 118 valence electrons. The van der Waals surface area contributed by atoms with Crippen molar-refractivity contribution in [3.8, 4) is 0 Å². The molecule has 1 heterocycles. The molecule has 2 rings (SSSR count). The van der Waals surface area contributed by atoms with Crippen LogP contribution in [0.4, 0.5) is 0 Å². The van der Waals surface area contributed by atoms with Gasteiger partial charge in [-0.15, -0.1) is 0 Å². The summed E-state index contributed by atoms with van der Waals surface area (Å²) in [6.45, 7) is 6.99. The quantitative estimate of drug-likeness (QED) is 0.811. The lowest BCUT2D eigenvalue weighted by molar-refractivity contribution is 0.269. The van der Waals surface area contributed by atoms with E-state index in [9.17, 15) is 8.42 Å². The number of sulfone groups is 1. The molecule has 0 spiro atoms. The summed E-state index contributed by atoms with van der Waals surface area (Å²) in [5.41, 5.74) is 0. The molecular formula is C15H30N2O2S. The van der Waals surface area contributed by atoms with Gasteiger partial charge in [0.15, 0.2) is 0 Å². The average Bonchev–Trinajstić information content (AvgIpc) is 2.88. The Morgan fingerprint density at radius 1 is 1.20 bits per heavy atom. The van der Waals surface area contributed by atoms with E-state index >= 15 is 0 Å². The van der Waals surface area contributed by atoms with Gasteiger partial charge in [-0.1, -0.05) is 13.3 Å². The van der Waals surface area contributed by atoms with Crippen molar-refractivity contribution in [3.05, 3.63) is 0 Å². The van der Waals surface area contributed by atoms with Gasteiger partial charge in [-0.2, -0.15) is 0 Å². The second kappa shape index (κ2) is 7.23. The molecule has 1 saturated heterocycles. The first-order valence-corrected chi connectivity index (χ1v) is 10.0. The first kappa shape index (κ1) is 16.2. The summed E-state index contributed by atoms with van der Waals surface area (Å²) in [5, 5.41) is 3.48. The maximum absolute atomic E-state index is 11.7. The molecule has 1 aliphatic carbocycles. The summed E-state index contributed by atoms with van der Waals surface area (Å²) >= 11 is 0. The summed E-state index contributed by atoms with van der Waals surface area (Å²) in [6.07, 6.45) is 7.89. The molecule has 3 unspecified atom stereocenters. The van der Waals surface area contributed by atoms with Gasteiger partial charge < -0.3 is 10.2 Å². The van der Waals surface area contributed by atoms with E-state index in [1.54, 1.807) is 0 Å². The van der Waals surface area contributed by atoms with Crippen LogP contribution in [0.3, 0.4) is 0 Å². The van der Waals surface area contributed by atoms with E-state index in [4.69, 9.17) is 0 Å². The van der Waals surface area contributed by atoms with Crippen LogP contribution >= 0.6 is 0 Å². The third-order valence-corrected chi connectivity index (χ3v) is 6.39. The Hall–Kier alpha value is -0.130. The summed E-state index contributed by atoms with van der Waals surface area (Å²) in [4.78, 5) is 2.55. The van der Waals surface area contributed by atoms with Crippen LogP contribution in [0, 0.1) is 5.92 Å². The molecule has 1 saturated carbocycles. The molecule has 3 atom stereocenters. The van der Waals surface area contributed by atoms with Crippen LogP contribution in [0.25, 0.3) is 0 Å². The lowest BCUT2D eigenvalue weighted by Gasteiger charge is -2.30. The van der Waals surface area contributed by atoms with Gasteiger partial charge in [0.1, 0.15) is 9.84 Å². The van der Waals surface area contributed by atoms with Gasteiger partial charge >= 0.3 is 0 Å². The Balaban J connectivity index is 1.70. The van der Waals surface area contributed by atoms with Crippen LogP contribution in [0.5, 0.6) is 0 Å². The number of nitrogens with one attached hydrogen (secondary N) is 1. The van der Waals surface area contributed by atoms with Crippen molar-refractivity contribution in [3.63, 3.8) is 0 Å². The van der Waals surface area contributed by atoms with Gasteiger partial charge in [0.05, 0.1) is 5.25 Å². The Morgan fingerprint density at radius 3 is 2.55 bits per heavy atom. The minimum atomic E-state index is -2.86. The first-order valence-electron chi connectivity index (χ1n) is 8.10. The SMILES string of the molecule is CC(CNC1CCCC(S(C)(=O)=O)C1)CN1CCCC1. The van der Waals surface area contributed by atoms with E-state index in [2.05, 4.69) is 17.1 Å². The highest BCUT2D eigenvalue weighted by Crippen LogP contribution is 2.24. The van der Waals surface area contributed by atoms with Gasteiger partial charge in [0, 0.05) is 18.8 Å². The molecule has 2 aliphatic rings. The Labute approximate surface area is 124 Å². The van der Waals surface area contributed by atoms with E-state index in [1.807, 2.05) is 0 Å². The van der Waals surface area contributed by atoms with Crippen LogP contribution in [0.2, 0.25) is 0 Å². The molecule has 4 nitrogen and oxygen atoms in total. The second-order valence-corrected chi connectivity index (χ2v) is 9.16. The van der Waals surface area contributed by atoms with E-state index < -0.39 is 9.84 Å². The zero-order valence-corrected chi connectivity index (χ0v) is 13.8. The normalized spacial score (nSPS) is 30.5. The van der Waals surface area contributed by atoms with Crippen LogP contribution in [-0.2, 0) is 9.84 Å². The summed E-state index contributed by atoms with van der Waals surface area (Å²) in [5.74, 6) is 0.645. The Kier molecular flexibility index (Phi) is 5.87. The molecule has 0 radical (unpaired) electrons. The van der Waals surface area contributed by atoms with Crippen LogP contribution in [-0.4, -0.2) is 57.0 Å². The average molecular weight is 302 g/mol. The van der Waals surface area contributed by atoms with Crippen molar-refractivity contribution in [1.29, 1.82) is 0 Å². The predicted octanol–water partition coefficient (Wildman–Crippen LogP) is 1.66. The third kappa shape index (κ3) is 5.01. The number of rotatable bonds is 6. The number of hydrogen-bond donors (Lipinski definition) is 1. The summed E-state index contributed by atoms with van der Waals surface area (Å²) in [7, 11) is -2.86. The van der Waals surface area contributed by atoms with Gasteiger partial charge in [-0.25, -0.2) is 8.42 Å². The molecular weight excluding hydrogens is 272 g/mol. The zero-order valence-electron chi connectivity index (χ0n) is 13.0. The molecule has 1 N–H and O–H groups in total. The standard InChI is InChI=1S/C15H30N2O2S/c1-13(12-17-8-3-4-9-17)11-16-14-6-5-7-15(10-14)20(2,18)19/h13-16H,3-12H2,1-2H3. The van der Waals surface area contributed by atoms with Crippen LogP contribution in [0.15, 0.2) is 0 Å². The monoisotopic (exact) mass is 302 g/mol. The molecule has 0 aromatic rings. The minimum absolute atomic E-state index is 0.123. The van der Waals surface area contributed by atoms with Crippen LogP contribution < -0.4 is 5.32 Å². The smallest absolute Gasteiger partial charge is 0.150 e. The van der Waals surface area contributed by atoms with E-state index in [0.29, 0.717) is 12.0 Å². The first-order chi connectivity index (χ1) is 9.45. The molecule has 0 aromatic heterocycles. The van der Waals surface area contributed by atoms with Crippen molar-refractivity contribution in [2.75, 3.05) is 32.4 Å². The Bertz CT molecular complexity index is 391. The lowest BCUT2D eigenvalue weighted by atomic mass is 9.94. The molecule has 0 amide bonds. The van der Waals surface area contributed by atoms with Crippen molar-refractivity contribution in [2.45, 2.75) is 56.7 Å². The fraction of sp³-hybridized carbons (Fsp3) is 1.00. The van der Waals surface area contributed by atoms with Gasteiger partial charge in [0.25, 0.3) is 0 Å². The van der Waals surface area contributed by atoms with Gasteiger partial charge in [-0.05, 0) is 57.7 Å². The van der Waals surface area contributed by atoms with Gasteiger partial charge in [0.2, 0.25) is 0 Å². The fourth-order valence-corrected chi connectivity index (χ4v) is 4.73. The van der Waals surface area contributed by atoms with Crippen molar-refractivity contribution < 1.29 is 8.42 Å². The minimum Gasteiger partial charge on any atom is -0.314 e. The zero-order chi connectivity index (χ0) is 14.6. The van der Waals surface area contributed by atoms with E-state index in [0.717, 1.165) is 32.2 Å². The highest BCUT2D eigenvalue weighted by molar-refractivity contribution is 7.91. The summed E-state index contributed by atoms with van der Waals surface area (Å²) < 4.78 is 23.3. The molecule has 1 aliphatic heterocycles. The van der Waals surface area contributed by atoms with Crippen molar-refractivity contribution in [2.24, 2.45) is 5.92 Å². The predicted molar refractivity (Wildman–Crippen MR) is 83.7 cm³/mol. The highest BCUT2D eigenvalue weighted by Gasteiger charge is 2.28. The number of hydrogen-bond acceptors (Lipinski definition) is 4. The van der Waals surface area contributed by atoms with Crippen LogP contribution in [0.1, 0.15) is 45.4 Å². The highest BCUT2D eigenvalue weighted by atomic mass is 32.2. The molecule has 20 heavy (non-hydrogen) atoms. The molecule has 0 aromatic carbocycles. The molecule has 5 heteroatoms.